The molecule has 2 aromatic carbocycles. The van der Waals surface area contributed by atoms with Crippen molar-refractivity contribution in [3.05, 3.63) is 60.3 Å². The van der Waals surface area contributed by atoms with Crippen molar-refractivity contribution in [2.45, 2.75) is 6.54 Å². The molecule has 1 heterocycles. The normalized spacial score (nSPS) is 11.2. The van der Waals surface area contributed by atoms with Gasteiger partial charge in [-0.25, -0.2) is 9.98 Å². The second-order valence-corrected chi connectivity index (χ2v) is 5.48. The summed E-state index contributed by atoms with van der Waals surface area (Å²) in [5, 5.41) is 2.96. The lowest BCUT2D eigenvalue weighted by molar-refractivity contribution is 0.385. The fourth-order valence-electron chi connectivity index (χ4n) is 2.56. The number of imidazole rings is 1. The van der Waals surface area contributed by atoms with Gasteiger partial charge in [0.2, 0.25) is 5.95 Å². The Bertz CT molecular complexity index is 868. The standard InChI is InChI=1S/C19H21N5O2/c1-25-16-9-6-10-17(26-2)14(16)11-21-18(20)24-19-22-12-15(23-19)13-7-4-3-5-8-13/h3-10,12H,11H2,1-2H3,(H4,20,21,22,23,24). The zero-order valence-corrected chi connectivity index (χ0v) is 14.7. The molecule has 134 valence electrons. The number of H-pyrrole nitrogens is 1. The summed E-state index contributed by atoms with van der Waals surface area (Å²) in [5.41, 5.74) is 8.75. The van der Waals surface area contributed by atoms with Crippen molar-refractivity contribution in [1.82, 2.24) is 9.97 Å². The third-order valence-electron chi connectivity index (χ3n) is 3.84. The monoisotopic (exact) mass is 351 g/mol. The summed E-state index contributed by atoms with van der Waals surface area (Å²) in [6.07, 6.45) is 1.74. The molecule has 3 aromatic rings. The highest BCUT2D eigenvalue weighted by Crippen LogP contribution is 2.28. The van der Waals surface area contributed by atoms with E-state index in [4.69, 9.17) is 15.2 Å². The van der Waals surface area contributed by atoms with Gasteiger partial charge in [-0.05, 0) is 17.7 Å². The molecule has 0 saturated carbocycles. The van der Waals surface area contributed by atoms with E-state index in [1.165, 1.54) is 0 Å². The average molecular weight is 351 g/mol. The average Bonchev–Trinajstić information content (AvgIpc) is 3.15. The number of aliphatic imine (C=N–C) groups is 1. The topological polar surface area (TPSA) is 97.6 Å². The number of nitrogens with zero attached hydrogens (tertiary/aromatic N) is 2. The number of guanidine groups is 1. The Balaban J connectivity index is 1.71. The van der Waals surface area contributed by atoms with Crippen LogP contribution in [0.2, 0.25) is 0 Å². The number of aromatic nitrogens is 2. The van der Waals surface area contributed by atoms with E-state index < -0.39 is 0 Å². The Kier molecular flexibility index (Phi) is 5.38. The number of rotatable bonds is 6. The summed E-state index contributed by atoms with van der Waals surface area (Å²) in [5.74, 6) is 2.17. The van der Waals surface area contributed by atoms with E-state index in [1.54, 1.807) is 20.4 Å². The molecule has 26 heavy (non-hydrogen) atoms. The number of hydrogen-bond donors (Lipinski definition) is 3. The van der Waals surface area contributed by atoms with E-state index in [0.29, 0.717) is 24.0 Å². The van der Waals surface area contributed by atoms with Crippen molar-refractivity contribution in [1.29, 1.82) is 0 Å². The molecule has 7 nitrogen and oxygen atoms in total. The lowest BCUT2D eigenvalue weighted by Crippen LogP contribution is -2.23. The molecule has 0 atom stereocenters. The molecule has 0 amide bonds. The van der Waals surface area contributed by atoms with Crippen molar-refractivity contribution in [3.8, 4) is 22.8 Å². The van der Waals surface area contributed by atoms with Crippen LogP contribution in [-0.4, -0.2) is 30.1 Å². The molecular formula is C19H21N5O2. The first-order chi connectivity index (χ1) is 12.7. The molecule has 0 spiro atoms. The largest absolute Gasteiger partial charge is 0.496 e. The number of aromatic amines is 1. The second-order valence-electron chi connectivity index (χ2n) is 5.48. The van der Waals surface area contributed by atoms with E-state index in [9.17, 15) is 0 Å². The maximum absolute atomic E-state index is 5.98. The lowest BCUT2D eigenvalue weighted by atomic mass is 10.2. The molecule has 0 aliphatic carbocycles. The fourth-order valence-corrected chi connectivity index (χ4v) is 2.56. The van der Waals surface area contributed by atoms with Crippen LogP contribution in [0.25, 0.3) is 11.3 Å². The summed E-state index contributed by atoms with van der Waals surface area (Å²) in [6, 6.07) is 15.5. The molecule has 0 radical (unpaired) electrons. The Morgan fingerprint density at radius 3 is 2.42 bits per heavy atom. The van der Waals surface area contributed by atoms with Crippen LogP contribution in [-0.2, 0) is 6.54 Å². The smallest absolute Gasteiger partial charge is 0.207 e. The Morgan fingerprint density at radius 1 is 1.08 bits per heavy atom. The maximum atomic E-state index is 5.98. The molecule has 7 heteroatoms. The van der Waals surface area contributed by atoms with Crippen molar-refractivity contribution < 1.29 is 9.47 Å². The van der Waals surface area contributed by atoms with Crippen LogP contribution < -0.4 is 20.5 Å². The first-order valence-electron chi connectivity index (χ1n) is 8.08. The van der Waals surface area contributed by atoms with Crippen LogP contribution >= 0.6 is 0 Å². The van der Waals surface area contributed by atoms with Crippen molar-refractivity contribution in [3.63, 3.8) is 0 Å². The van der Waals surface area contributed by atoms with Gasteiger partial charge in [0, 0.05) is 0 Å². The van der Waals surface area contributed by atoms with Gasteiger partial charge in [0.15, 0.2) is 5.96 Å². The van der Waals surface area contributed by atoms with Crippen LogP contribution in [0.5, 0.6) is 11.5 Å². The van der Waals surface area contributed by atoms with Crippen LogP contribution in [0, 0.1) is 0 Å². The fraction of sp³-hybridized carbons (Fsp3) is 0.158. The number of benzene rings is 2. The van der Waals surface area contributed by atoms with Crippen molar-refractivity contribution >= 4 is 11.9 Å². The Labute approximate surface area is 151 Å². The zero-order valence-electron chi connectivity index (χ0n) is 14.7. The second kappa shape index (κ2) is 8.06. The van der Waals surface area contributed by atoms with Gasteiger partial charge >= 0.3 is 0 Å². The quantitative estimate of drug-likeness (QED) is 0.468. The van der Waals surface area contributed by atoms with E-state index >= 15 is 0 Å². The van der Waals surface area contributed by atoms with Gasteiger partial charge in [-0.1, -0.05) is 36.4 Å². The molecular weight excluding hydrogens is 330 g/mol. The van der Waals surface area contributed by atoms with Gasteiger partial charge in [0.25, 0.3) is 0 Å². The van der Waals surface area contributed by atoms with Crippen molar-refractivity contribution in [2.75, 3.05) is 19.5 Å². The SMILES string of the molecule is COc1cccc(OC)c1CN=C(N)Nc1ncc(-c2ccccc2)[nH]1. The van der Waals surface area contributed by atoms with E-state index in [-0.39, 0.29) is 5.96 Å². The Morgan fingerprint density at radius 2 is 1.77 bits per heavy atom. The van der Waals surface area contributed by atoms with Crippen LogP contribution in [0.15, 0.2) is 59.7 Å². The number of methoxy groups -OCH3 is 2. The first kappa shape index (κ1) is 17.3. The maximum Gasteiger partial charge on any atom is 0.207 e. The van der Waals surface area contributed by atoms with E-state index in [2.05, 4.69) is 20.3 Å². The summed E-state index contributed by atoms with van der Waals surface area (Å²) < 4.78 is 10.7. The third-order valence-corrected chi connectivity index (χ3v) is 3.84. The van der Waals surface area contributed by atoms with Crippen LogP contribution in [0.1, 0.15) is 5.56 Å². The Hall–Kier alpha value is -3.48. The predicted molar refractivity (Wildman–Crippen MR) is 103 cm³/mol. The van der Waals surface area contributed by atoms with Crippen LogP contribution in [0.4, 0.5) is 5.95 Å². The highest BCUT2D eigenvalue weighted by molar-refractivity contribution is 5.90. The van der Waals surface area contributed by atoms with E-state index in [1.807, 2.05) is 48.5 Å². The third kappa shape index (κ3) is 3.94. The number of nitrogens with one attached hydrogen (secondary N) is 2. The summed E-state index contributed by atoms with van der Waals surface area (Å²) >= 11 is 0. The summed E-state index contributed by atoms with van der Waals surface area (Å²) in [4.78, 5) is 11.8. The molecule has 3 rings (SSSR count). The highest BCUT2D eigenvalue weighted by Gasteiger charge is 2.09. The molecule has 0 saturated heterocycles. The minimum atomic E-state index is 0.243. The van der Waals surface area contributed by atoms with E-state index in [0.717, 1.165) is 16.8 Å². The zero-order chi connectivity index (χ0) is 18.4. The summed E-state index contributed by atoms with van der Waals surface area (Å²) in [7, 11) is 3.22. The molecule has 0 fully saturated rings. The minimum Gasteiger partial charge on any atom is -0.496 e. The molecule has 0 bridgehead atoms. The van der Waals surface area contributed by atoms with Crippen LogP contribution in [0.3, 0.4) is 0 Å². The van der Waals surface area contributed by atoms with Gasteiger partial charge in [-0.3, -0.25) is 5.32 Å². The minimum absolute atomic E-state index is 0.243. The van der Waals surface area contributed by atoms with Gasteiger partial charge in [0.05, 0.1) is 38.2 Å². The predicted octanol–water partition coefficient (Wildman–Crippen LogP) is 3.02. The molecule has 1 aromatic heterocycles. The number of ether oxygens (including phenoxy) is 2. The highest BCUT2D eigenvalue weighted by atomic mass is 16.5. The number of hydrogen-bond acceptors (Lipinski definition) is 4. The van der Waals surface area contributed by atoms with Gasteiger partial charge < -0.3 is 20.2 Å². The lowest BCUT2D eigenvalue weighted by Gasteiger charge is -2.11. The molecule has 4 N–H and O–H groups in total. The first-order valence-corrected chi connectivity index (χ1v) is 8.08. The molecule has 0 unspecified atom stereocenters. The van der Waals surface area contributed by atoms with Gasteiger partial charge in [-0.2, -0.15) is 0 Å². The molecule has 0 aliphatic heterocycles. The van der Waals surface area contributed by atoms with Gasteiger partial charge in [0.1, 0.15) is 11.5 Å². The number of anilines is 1. The van der Waals surface area contributed by atoms with Crippen molar-refractivity contribution in [2.24, 2.45) is 10.7 Å². The molecule has 0 aliphatic rings. The number of nitrogens with two attached hydrogens (primary N) is 1. The summed E-state index contributed by atoms with van der Waals surface area (Å²) in [6.45, 7) is 0.318. The van der Waals surface area contributed by atoms with Gasteiger partial charge in [-0.15, -0.1) is 0 Å².